The highest BCUT2D eigenvalue weighted by Gasteiger charge is 2.06. The summed E-state index contributed by atoms with van der Waals surface area (Å²) in [5, 5.41) is 8.72. The van der Waals surface area contributed by atoms with Gasteiger partial charge in [0.25, 0.3) is 0 Å². The van der Waals surface area contributed by atoms with E-state index in [1.807, 2.05) is 13.8 Å². The molecule has 76 valence electrons. The lowest BCUT2D eigenvalue weighted by Gasteiger charge is -2.11. The molecule has 0 fully saturated rings. The first-order valence-electron chi connectivity index (χ1n) is 4.49. The van der Waals surface area contributed by atoms with Crippen molar-refractivity contribution in [3.63, 3.8) is 0 Å². The van der Waals surface area contributed by atoms with E-state index in [1.54, 1.807) is 0 Å². The Morgan fingerprint density at radius 3 is 3.00 bits per heavy atom. The van der Waals surface area contributed by atoms with Gasteiger partial charge in [-0.1, -0.05) is 6.92 Å². The number of carbonyl (C=O) groups is 1. The molecule has 0 aliphatic carbocycles. The third kappa shape index (κ3) is 2.73. The molecule has 0 spiro atoms. The zero-order valence-electron chi connectivity index (χ0n) is 8.23. The minimum atomic E-state index is -0.971. The SMILES string of the molecule is CCC(C)Oc1cc(C(=O)O)ccn1. The first-order valence-corrected chi connectivity index (χ1v) is 4.49. The normalized spacial score (nSPS) is 12.1. The lowest BCUT2D eigenvalue weighted by Crippen LogP contribution is -2.11. The fraction of sp³-hybridized carbons (Fsp3) is 0.400. The van der Waals surface area contributed by atoms with Gasteiger partial charge in [0.15, 0.2) is 0 Å². The van der Waals surface area contributed by atoms with E-state index in [-0.39, 0.29) is 11.7 Å². The number of carboxylic acid groups (broad SMARTS) is 1. The number of pyridine rings is 1. The van der Waals surface area contributed by atoms with Crippen molar-refractivity contribution in [3.8, 4) is 5.88 Å². The van der Waals surface area contributed by atoms with Gasteiger partial charge in [-0.2, -0.15) is 0 Å². The van der Waals surface area contributed by atoms with Gasteiger partial charge in [-0.25, -0.2) is 9.78 Å². The Balaban J connectivity index is 2.78. The predicted molar refractivity (Wildman–Crippen MR) is 51.6 cm³/mol. The summed E-state index contributed by atoms with van der Waals surface area (Å²) >= 11 is 0. The molecule has 0 aromatic carbocycles. The lowest BCUT2D eigenvalue weighted by atomic mass is 10.2. The highest BCUT2D eigenvalue weighted by Crippen LogP contribution is 2.11. The Kier molecular flexibility index (Phi) is 3.45. The molecular weight excluding hydrogens is 182 g/mol. The van der Waals surface area contributed by atoms with Crippen LogP contribution in [0.25, 0.3) is 0 Å². The summed E-state index contributed by atoms with van der Waals surface area (Å²) in [6.45, 7) is 3.90. The third-order valence-corrected chi connectivity index (χ3v) is 1.88. The van der Waals surface area contributed by atoms with Gasteiger partial charge in [-0.15, -0.1) is 0 Å². The molecule has 1 atom stereocenters. The van der Waals surface area contributed by atoms with Crippen LogP contribution < -0.4 is 4.74 Å². The van der Waals surface area contributed by atoms with E-state index >= 15 is 0 Å². The maximum absolute atomic E-state index is 10.6. The lowest BCUT2D eigenvalue weighted by molar-refractivity contribution is 0.0695. The van der Waals surface area contributed by atoms with E-state index in [2.05, 4.69) is 4.98 Å². The molecule has 0 amide bonds. The van der Waals surface area contributed by atoms with E-state index < -0.39 is 5.97 Å². The first-order chi connectivity index (χ1) is 6.63. The summed E-state index contributed by atoms with van der Waals surface area (Å²) in [5.41, 5.74) is 0.193. The molecule has 1 aromatic rings. The van der Waals surface area contributed by atoms with Crippen molar-refractivity contribution in [2.24, 2.45) is 0 Å². The Morgan fingerprint density at radius 2 is 2.43 bits per heavy atom. The zero-order valence-corrected chi connectivity index (χ0v) is 8.23. The van der Waals surface area contributed by atoms with Crippen molar-refractivity contribution < 1.29 is 14.6 Å². The molecule has 0 radical (unpaired) electrons. The molecule has 1 unspecified atom stereocenters. The van der Waals surface area contributed by atoms with Crippen LogP contribution in [0, 0.1) is 0 Å². The van der Waals surface area contributed by atoms with Crippen molar-refractivity contribution in [2.75, 3.05) is 0 Å². The highest BCUT2D eigenvalue weighted by molar-refractivity contribution is 5.87. The largest absolute Gasteiger partial charge is 0.478 e. The second-order valence-corrected chi connectivity index (χ2v) is 3.02. The number of carboxylic acids is 1. The smallest absolute Gasteiger partial charge is 0.335 e. The van der Waals surface area contributed by atoms with Crippen LogP contribution in [0.2, 0.25) is 0 Å². The minimum absolute atomic E-state index is 0.0477. The van der Waals surface area contributed by atoms with Crippen LogP contribution in [-0.4, -0.2) is 22.2 Å². The van der Waals surface area contributed by atoms with Gasteiger partial charge in [-0.05, 0) is 19.4 Å². The molecule has 1 N–H and O–H groups in total. The van der Waals surface area contributed by atoms with Gasteiger partial charge < -0.3 is 9.84 Å². The second-order valence-electron chi connectivity index (χ2n) is 3.02. The molecule has 1 rings (SSSR count). The Labute approximate surface area is 82.5 Å². The Hall–Kier alpha value is -1.58. The molecule has 1 heterocycles. The van der Waals surface area contributed by atoms with Crippen LogP contribution in [-0.2, 0) is 0 Å². The number of nitrogens with zero attached hydrogens (tertiary/aromatic N) is 1. The molecule has 4 nitrogen and oxygen atoms in total. The van der Waals surface area contributed by atoms with Crippen molar-refractivity contribution in [1.82, 2.24) is 4.98 Å². The fourth-order valence-corrected chi connectivity index (χ4v) is 0.896. The van der Waals surface area contributed by atoms with Crippen molar-refractivity contribution in [3.05, 3.63) is 23.9 Å². The van der Waals surface area contributed by atoms with Crippen molar-refractivity contribution in [1.29, 1.82) is 0 Å². The summed E-state index contributed by atoms with van der Waals surface area (Å²) < 4.78 is 5.38. The van der Waals surface area contributed by atoms with Crippen LogP contribution >= 0.6 is 0 Å². The zero-order chi connectivity index (χ0) is 10.6. The maximum Gasteiger partial charge on any atom is 0.335 e. The van der Waals surface area contributed by atoms with Crippen LogP contribution in [0.15, 0.2) is 18.3 Å². The highest BCUT2D eigenvalue weighted by atomic mass is 16.5. The van der Waals surface area contributed by atoms with Gasteiger partial charge in [0, 0.05) is 12.3 Å². The maximum atomic E-state index is 10.6. The minimum Gasteiger partial charge on any atom is -0.478 e. The monoisotopic (exact) mass is 195 g/mol. The molecular formula is C10H13NO3. The van der Waals surface area contributed by atoms with Gasteiger partial charge in [0.05, 0.1) is 11.7 Å². The molecule has 1 aromatic heterocycles. The van der Waals surface area contributed by atoms with E-state index in [4.69, 9.17) is 9.84 Å². The van der Waals surface area contributed by atoms with Gasteiger partial charge in [0.1, 0.15) is 0 Å². The van der Waals surface area contributed by atoms with Crippen LogP contribution in [0.1, 0.15) is 30.6 Å². The average molecular weight is 195 g/mol. The third-order valence-electron chi connectivity index (χ3n) is 1.88. The average Bonchev–Trinajstić information content (AvgIpc) is 2.18. The van der Waals surface area contributed by atoms with E-state index in [9.17, 15) is 4.79 Å². The summed E-state index contributed by atoms with van der Waals surface area (Å²) in [6.07, 6.45) is 2.34. The van der Waals surface area contributed by atoms with E-state index in [0.29, 0.717) is 5.88 Å². The van der Waals surface area contributed by atoms with Gasteiger partial charge in [-0.3, -0.25) is 0 Å². The topological polar surface area (TPSA) is 59.4 Å². The molecule has 0 saturated heterocycles. The Bertz CT molecular complexity index is 325. The van der Waals surface area contributed by atoms with Crippen molar-refractivity contribution in [2.45, 2.75) is 26.4 Å². The summed E-state index contributed by atoms with van der Waals surface area (Å²) in [6, 6.07) is 2.86. The number of rotatable bonds is 4. The molecule has 0 aliphatic rings. The quantitative estimate of drug-likeness (QED) is 0.797. The van der Waals surface area contributed by atoms with Crippen LogP contribution in [0.4, 0.5) is 0 Å². The summed E-state index contributed by atoms with van der Waals surface area (Å²) in [5.74, 6) is -0.611. The van der Waals surface area contributed by atoms with Gasteiger partial charge >= 0.3 is 5.97 Å². The Morgan fingerprint density at radius 1 is 1.71 bits per heavy atom. The molecule has 0 saturated carbocycles. The second kappa shape index (κ2) is 4.60. The van der Waals surface area contributed by atoms with E-state index in [0.717, 1.165) is 6.42 Å². The summed E-state index contributed by atoms with van der Waals surface area (Å²) in [4.78, 5) is 14.5. The molecule has 4 heteroatoms. The standard InChI is InChI=1S/C10H13NO3/c1-3-7(2)14-9-6-8(10(12)13)4-5-11-9/h4-7H,3H2,1-2H3,(H,12,13). The predicted octanol–water partition coefficient (Wildman–Crippen LogP) is 1.96. The van der Waals surface area contributed by atoms with Crippen LogP contribution in [0.5, 0.6) is 5.88 Å². The van der Waals surface area contributed by atoms with Crippen LogP contribution in [0.3, 0.4) is 0 Å². The fourth-order valence-electron chi connectivity index (χ4n) is 0.896. The molecule has 0 aliphatic heterocycles. The number of ether oxygens (including phenoxy) is 1. The number of aromatic carboxylic acids is 1. The number of hydrogen-bond acceptors (Lipinski definition) is 3. The summed E-state index contributed by atoms with van der Waals surface area (Å²) in [7, 11) is 0. The number of aromatic nitrogens is 1. The van der Waals surface area contributed by atoms with Gasteiger partial charge in [0.2, 0.25) is 5.88 Å². The van der Waals surface area contributed by atoms with E-state index in [1.165, 1.54) is 18.3 Å². The van der Waals surface area contributed by atoms with Crippen molar-refractivity contribution >= 4 is 5.97 Å². The first kappa shape index (κ1) is 10.5. The number of hydrogen-bond donors (Lipinski definition) is 1. The molecule has 14 heavy (non-hydrogen) atoms. The molecule has 0 bridgehead atoms.